The van der Waals surface area contributed by atoms with Gasteiger partial charge in [0.2, 0.25) is 5.91 Å². The topological polar surface area (TPSA) is 79.8 Å². The molecule has 0 atom stereocenters. The van der Waals surface area contributed by atoms with Gasteiger partial charge in [-0.3, -0.25) is 4.79 Å². The molecule has 0 saturated carbocycles. The normalized spacial score (nSPS) is 10.6. The van der Waals surface area contributed by atoms with E-state index < -0.39 is 0 Å². The van der Waals surface area contributed by atoms with E-state index in [0.29, 0.717) is 29.1 Å². The third kappa shape index (κ3) is 3.81. The SMILES string of the molecule is Cc1ccc(NC(=O)CCNc2ncnc3ccc(F)cc23)nc1. The number of aryl methyl sites for hydroxylation is 1. The molecule has 0 aliphatic carbocycles. The van der Waals surface area contributed by atoms with E-state index in [1.165, 1.54) is 18.5 Å². The van der Waals surface area contributed by atoms with Crippen LogP contribution in [-0.2, 0) is 4.79 Å². The molecular weight excluding hydrogens is 309 g/mol. The Bertz CT molecular complexity index is 866. The van der Waals surface area contributed by atoms with Crippen LogP contribution >= 0.6 is 0 Å². The smallest absolute Gasteiger partial charge is 0.227 e. The molecule has 2 N–H and O–H groups in total. The first-order chi connectivity index (χ1) is 11.6. The fourth-order valence-electron chi connectivity index (χ4n) is 2.21. The number of halogens is 1. The largest absolute Gasteiger partial charge is 0.369 e. The minimum absolute atomic E-state index is 0.164. The monoisotopic (exact) mass is 325 g/mol. The number of hydrogen-bond donors (Lipinski definition) is 2. The van der Waals surface area contributed by atoms with Crippen molar-refractivity contribution in [3.8, 4) is 0 Å². The summed E-state index contributed by atoms with van der Waals surface area (Å²) in [6.07, 6.45) is 3.32. The van der Waals surface area contributed by atoms with Gasteiger partial charge in [0.15, 0.2) is 0 Å². The highest BCUT2D eigenvalue weighted by Crippen LogP contribution is 2.19. The van der Waals surface area contributed by atoms with E-state index in [2.05, 4.69) is 25.6 Å². The number of anilines is 2. The molecule has 3 rings (SSSR count). The lowest BCUT2D eigenvalue weighted by Crippen LogP contribution is -2.17. The second-order valence-electron chi connectivity index (χ2n) is 5.33. The predicted molar refractivity (Wildman–Crippen MR) is 90.2 cm³/mol. The van der Waals surface area contributed by atoms with E-state index in [4.69, 9.17) is 0 Å². The molecule has 0 radical (unpaired) electrons. The molecule has 3 aromatic rings. The molecule has 0 unspecified atom stereocenters. The maximum Gasteiger partial charge on any atom is 0.227 e. The highest BCUT2D eigenvalue weighted by atomic mass is 19.1. The average Bonchev–Trinajstić information content (AvgIpc) is 2.57. The molecule has 0 spiro atoms. The second kappa shape index (κ2) is 6.99. The number of aromatic nitrogens is 3. The number of rotatable bonds is 5. The van der Waals surface area contributed by atoms with Gasteiger partial charge in [-0.2, -0.15) is 0 Å². The third-order valence-electron chi connectivity index (χ3n) is 3.42. The van der Waals surface area contributed by atoms with Crippen molar-refractivity contribution in [1.82, 2.24) is 15.0 Å². The number of amides is 1. The molecular formula is C17H16FN5O. The van der Waals surface area contributed by atoms with Crippen LogP contribution in [-0.4, -0.2) is 27.4 Å². The lowest BCUT2D eigenvalue weighted by Gasteiger charge is -2.08. The summed E-state index contributed by atoms with van der Waals surface area (Å²) in [5, 5.41) is 6.34. The van der Waals surface area contributed by atoms with Crippen molar-refractivity contribution < 1.29 is 9.18 Å². The molecule has 0 bridgehead atoms. The van der Waals surface area contributed by atoms with Crippen LogP contribution in [0.4, 0.5) is 16.0 Å². The molecule has 1 aromatic carbocycles. The molecule has 1 amide bonds. The molecule has 2 heterocycles. The minimum Gasteiger partial charge on any atom is -0.369 e. The quantitative estimate of drug-likeness (QED) is 0.754. The molecule has 0 aliphatic rings. The molecule has 0 saturated heterocycles. The van der Waals surface area contributed by atoms with Gasteiger partial charge in [-0.05, 0) is 36.8 Å². The number of carbonyl (C=O) groups excluding carboxylic acids is 1. The van der Waals surface area contributed by atoms with Gasteiger partial charge in [-0.15, -0.1) is 0 Å². The highest BCUT2D eigenvalue weighted by molar-refractivity contribution is 5.91. The number of benzene rings is 1. The molecule has 122 valence electrons. The van der Waals surface area contributed by atoms with Crippen LogP contribution in [0.2, 0.25) is 0 Å². The Morgan fingerprint density at radius 3 is 2.83 bits per heavy atom. The van der Waals surface area contributed by atoms with E-state index in [1.807, 2.05) is 13.0 Å². The predicted octanol–water partition coefficient (Wildman–Crippen LogP) is 2.91. The minimum atomic E-state index is -0.358. The Balaban J connectivity index is 1.59. The first-order valence-electron chi connectivity index (χ1n) is 7.48. The van der Waals surface area contributed by atoms with Gasteiger partial charge in [-0.1, -0.05) is 6.07 Å². The number of nitrogens with one attached hydrogen (secondary N) is 2. The van der Waals surface area contributed by atoms with Crippen molar-refractivity contribution in [2.75, 3.05) is 17.2 Å². The van der Waals surface area contributed by atoms with Crippen molar-refractivity contribution in [3.05, 3.63) is 54.2 Å². The first kappa shape index (κ1) is 15.8. The lowest BCUT2D eigenvalue weighted by molar-refractivity contribution is -0.116. The van der Waals surface area contributed by atoms with E-state index in [9.17, 15) is 9.18 Å². The second-order valence-corrected chi connectivity index (χ2v) is 5.33. The number of hydrogen-bond acceptors (Lipinski definition) is 5. The summed E-state index contributed by atoms with van der Waals surface area (Å²) >= 11 is 0. The number of fused-ring (bicyclic) bond motifs is 1. The molecule has 0 fully saturated rings. The van der Waals surface area contributed by atoms with Gasteiger partial charge in [0.25, 0.3) is 0 Å². The van der Waals surface area contributed by atoms with Crippen LogP contribution in [0.25, 0.3) is 10.9 Å². The number of nitrogens with zero attached hydrogens (tertiary/aromatic N) is 3. The van der Waals surface area contributed by atoms with Gasteiger partial charge < -0.3 is 10.6 Å². The Hall–Kier alpha value is -3.09. The third-order valence-corrected chi connectivity index (χ3v) is 3.42. The maximum absolute atomic E-state index is 13.4. The average molecular weight is 325 g/mol. The summed E-state index contributed by atoms with van der Waals surface area (Å²) in [5.74, 6) is 0.493. The summed E-state index contributed by atoms with van der Waals surface area (Å²) < 4.78 is 13.4. The fraction of sp³-hybridized carbons (Fsp3) is 0.176. The van der Waals surface area contributed by atoms with Crippen molar-refractivity contribution in [1.29, 1.82) is 0 Å². The van der Waals surface area contributed by atoms with Crippen molar-refractivity contribution in [2.24, 2.45) is 0 Å². The van der Waals surface area contributed by atoms with Gasteiger partial charge in [-0.25, -0.2) is 19.3 Å². The van der Waals surface area contributed by atoms with Crippen LogP contribution in [0.5, 0.6) is 0 Å². The summed E-state index contributed by atoms with van der Waals surface area (Å²) in [7, 11) is 0. The van der Waals surface area contributed by atoms with Crippen molar-refractivity contribution >= 4 is 28.4 Å². The van der Waals surface area contributed by atoms with Crippen LogP contribution in [0.3, 0.4) is 0 Å². The van der Waals surface area contributed by atoms with Gasteiger partial charge >= 0.3 is 0 Å². The first-order valence-corrected chi connectivity index (χ1v) is 7.48. The van der Waals surface area contributed by atoms with Crippen LogP contribution in [0.15, 0.2) is 42.9 Å². The summed E-state index contributed by atoms with van der Waals surface area (Å²) in [6.45, 7) is 2.29. The fourth-order valence-corrected chi connectivity index (χ4v) is 2.21. The van der Waals surface area contributed by atoms with Crippen molar-refractivity contribution in [2.45, 2.75) is 13.3 Å². The summed E-state index contributed by atoms with van der Waals surface area (Å²) in [6, 6.07) is 7.94. The van der Waals surface area contributed by atoms with Crippen LogP contribution in [0.1, 0.15) is 12.0 Å². The number of pyridine rings is 1. The van der Waals surface area contributed by atoms with E-state index in [1.54, 1.807) is 18.3 Å². The van der Waals surface area contributed by atoms with Gasteiger partial charge in [0, 0.05) is 24.5 Å². The van der Waals surface area contributed by atoms with Crippen LogP contribution in [0, 0.1) is 12.7 Å². The van der Waals surface area contributed by atoms with Crippen LogP contribution < -0.4 is 10.6 Å². The van der Waals surface area contributed by atoms with Crippen molar-refractivity contribution in [3.63, 3.8) is 0 Å². The summed E-state index contributed by atoms with van der Waals surface area (Å²) in [5.41, 5.74) is 1.67. The maximum atomic E-state index is 13.4. The highest BCUT2D eigenvalue weighted by Gasteiger charge is 2.07. The Morgan fingerprint density at radius 1 is 1.17 bits per heavy atom. The van der Waals surface area contributed by atoms with Gasteiger partial charge in [0.1, 0.15) is 23.8 Å². The zero-order chi connectivity index (χ0) is 16.9. The molecule has 7 heteroatoms. The van der Waals surface area contributed by atoms with E-state index in [0.717, 1.165) is 5.56 Å². The lowest BCUT2D eigenvalue weighted by atomic mass is 10.2. The molecule has 6 nitrogen and oxygen atoms in total. The van der Waals surface area contributed by atoms with E-state index >= 15 is 0 Å². The standard InChI is InChI=1S/C17H16FN5O/c1-11-2-5-15(20-9-11)23-16(24)6-7-19-17-13-8-12(18)3-4-14(13)21-10-22-17/h2-5,8-10H,6-7H2,1H3,(H,19,21,22)(H,20,23,24). The van der Waals surface area contributed by atoms with Gasteiger partial charge in [0.05, 0.1) is 5.52 Å². The number of carbonyl (C=O) groups is 1. The molecule has 2 aromatic heterocycles. The Morgan fingerprint density at radius 2 is 2.04 bits per heavy atom. The Kier molecular flexibility index (Phi) is 4.60. The molecule has 0 aliphatic heterocycles. The van der Waals surface area contributed by atoms with E-state index in [-0.39, 0.29) is 18.1 Å². The zero-order valence-electron chi connectivity index (χ0n) is 13.1. The summed E-state index contributed by atoms with van der Waals surface area (Å²) in [4.78, 5) is 24.2. The molecule has 24 heavy (non-hydrogen) atoms. The zero-order valence-corrected chi connectivity index (χ0v) is 13.1. The Labute approximate surface area is 138 Å².